The second-order valence-electron chi connectivity index (χ2n) is 6.10. The number of carbonyl (C=O) groups excluding carboxylic acids is 1. The smallest absolute Gasteiger partial charge is 0.338 e. The molecule has 1 N–H and O–H groups in total. The molecule has 132 valence electrons. The van der Waals surface area contributed by atoms with Crippen molar-refractivity contribution in [1.29, 1.82) is 0 Å². The van der Waals surface area contributed by atoms with Gasteiger partial charge in [0.15, 0.2) is 0 Å². The van der Waals surface area contributed by atoms with E-state index in [1.54, 1.807) is 15.6 Å². The van der Waals surface area contributed by atoms with E-state index in [1.807, 2.05) is 50.5 Å². The number of fused-ring (bicyclic) bond motifs is 1. The quantitative estimate of drug-likeness (QED) is 0.725. The molecule has 2 aromatic heterocycles. The van der Waals surface area contributed by atoms with Crippen LogP contribution in [0.1, 0.15) is 24.1 Å². The molecular formula is C18H18N6O2. The number of allylic oxidation sites excluding steroid dienone is 1. The van der Waals surface area contributed by atoms with Crippen LogP contribution < -0.4 is 5.32 Å². The fraction of sp³-hybridized carbons (Fsp3) is 0.222. The Bertz CT molecular complexity index is 972. The zero-order chi connectivity index (χ0) is 18.1. The SMILES string of the molecule is CC1=C(C(=O)OCc2ccccc2)[C@H](c2cnn(C)c2)n2ncnc2N1. The average Bonchev–Trinajstić information content (AvgIpc) is 3.28. The van der Waals surface area contributed by atoms with Crippen LogP contribution >= 0.6 is 0 Å². The van der Waals surface area contributed by atoms with Crippen LogP contribution in [0.4, 0.5) is 5.95 Å². The van der Waals surface area contributed by atoms with Crippen molar-refractivity contribution >= 4 is 11.9 Å². The van der Waals surface area contributed by atoms with Gasteiger partial charge in [-0.25, -0.2) is 9.48 Å². The number of aryl methyl sites for hydroxylation is 1. The molecule has 3 heterocycles. The minimum Gasteiger partial charge on any atom is -0.457 e. The molecule has 0 fully saturated rings. The zero-order valence-electron chi connectivity index (χ0n) is 14.5. The molecular weight excluding hydrogens is 332 g/mol. The van der Waals surface area contributed by atoms with Gasteiger partial charge in [0.1, 0.15) is 19.0 Å². The predicted molar refractivity (Wildman–Crippen MR) is 93.9 cm³/mol. The number of anilines is 1. The third-order valence-corrected chi connectivity index (χ3v) is 4.27. The predicted octanol–water partition coefficient (Wildman–Crippen LogP) is 2.04. The van der Waals surface area contributed by atoms with Gasteiger partial charge in [-0.2, -0.15) is 15.2 Å². The molecule has 1 aromatic carbocycles. The molecule has 0 radical (unpaired) electrons. The lowest BCUT2D eigenvalue weighted by molar-refractivity contribution is -0.140. The zero-order valence-corrected chi connectivity index (χ0v) is 14.5. The molecule has 8 nitrogen and oxygen atoms in total. The van der Waals surface area contributed by atoms with E-state index in [-0.39, 0.29) is 6.61 Å². The Morgan fingerprint density at radius 2 is 2.08 bits per heavy atom. The Labute approximate surface area is 150 Å². The molecule has 8 heteroatoms. The van der Waals surface area contributed by atoms with E-state index in [0.717, 1.165) is 11.1 Å². The van der Waals surface area contributed by atoms with Gasteiger partial charge in [0.05, 0.1) is 11.8 Å². The van der Waals surface area contributed by atoms with Gasteiger partial charge in [0.2, 0.25) is 5.95 Å². The lowest BCUT2D eigenvalue weighted by Gasteiger charge is -2.27. The van der Waals surface area contributed by atoms with Crippen molar-refractivity contribution in [3.63, 3.8) is 0 Å². The lowest BCUT2D eigenvalue weighted by atomic mass is 9.98. The minimum absolute atomic E-state index is 0.209. The largest absolute Gasteiger partial charge is 0.457 e. The first-order chi connectivity index (χ1) is 12.6. The maximum absolute atomic E-state index is 12.9. The number of benzene rings is 1. The highest BCUT2D eigenvalue weighted by molar-refractivity contribution is 5.92. The summed E-state index contributed by atoms with van der Waals surface area (Å²) in [4.78, 5) is 17.1. The number of rotatable bonds is 4. The van der Waals surface area contributed by atoms with Gasteiger partial charge >= 0.3 is 5.97 Å². The van der Waals surface area contributed by atoms with Crippen molar-refractivity contribution in [2.24, 2.45) is 7.05 Å². The van der Waals surface area contributed by atoms with E-state index < -0.39 is 12.0 Å². The number of hydrogen-bond donors (Lipinski definition) is 1. The highest BCUT2D eigenvalue weighted by Gasteiger charge is 2.35. The molecule has 0 bridgehead atoms. The molecule has 0 saturated carbocycles. The van der Waals surface area contributed by atoms with Crippen LogP contribution in [-0.4, -0.2) is 30.5 Å². The molecule has 26 heavy (non-hydrogen) atoms. The van der Waals surface area contributed by atoms with Crippen molar-refractivity contribution in [3.8, 4) is 0 Å². The normalized spacial score (nSPS) is 16.2. The summed E-state index contributed by atoms with van der Waals surface area (Å²) in [5.41, 5.74) is 2.96. The van der Waals surface area contributed by atoms with Gasteiger partial charge in [-0.15, -0.1) is 0 Å². The molecule has 1 aliphatic heterocycles. The molecule has 1 aliphatic rings. The van der Waals surface area contributed by atoms with Crippen molar-refractivity contribution in [2.45, 2.75) is 19.6 Å². The third kappa shape index (κ3) is 2.85. The summed E-state index contributed by atoms with van der Waals surface area (Å²) in [7, 11) is 1.83. The van der Waals surface area contributed by atoms with Gasteiger partial charge in [0.25, 0.3) is 0 Å². The van der Waals surface area contributed by atoms with E-state index in [4.69, 9.17) is 4.74 Å². The van der Waals surface area contributed by atoms with Crippen molar-refractivity contribution in [1.82, 2.24) is 24.5 Å². The van der Waals surface area contributed by atoms with Crippen LogP contribution in [-0.2, 0) is 23.2 Å². The highest BCUT2D eigenvalue weighted by Crippen LogP contribution is 2.34. The standard InChI is InChI=1S/C18H18N6O2/c1-12-15(17(25)26-10-13-6-4-3-5-7-13)16(14-8-20-23(2)9-14)24-18(22-12)19-11-21-24/h3-9,11,16H,10H2,1-2H3,(H,19,21,22)/t16-/m0/s1. The number of carbonyl (C=O) groups is 1. The number of nitrogens with zero attached hydrogens (tertiary/aromatic N) is 5. The van der Waals surface area contributed by atoms with Crippen molar-refractivity contribution < 1.29 is 9.53 Å². The Morgan fingerprint density at radius 3 is 2.81 bits per heavy atom. The fourth-order valence-electron chi connectivity index (χ4n) is 3.05. The first-order valence-electron chi connectivity index (χ1n) is 8.20. The maximum atomic E-state index is 12.9. The topological polar surface area (TPSA) is 86.9 Å². The number of nitrogens with one attached hydrogen (secondary N) is 1. The number of aromatic nitrogens is 5. The molecule has 0 unspecified atom stereocenters. The lowest BCUT2D eigenvalue weighted by Crippen LogP contribution is -2.29. The first kappa shape index (κ1) is 16.1. The van der Waals surface area contributed by atoms with E-state index in [9.17, 15) is 4.79 Å². The Balaban J connectivity index is 1.66. The van der Waals surface area contributed by atoms with E-state index >= 15 is 0 Å². The molecule has 3 aromatic rings. The summed E-state index contributed by atoms with van der Waals surface area (Å²) in [6.07, 6.45) is 5.04. The second kappa shape index (κ2) is 6.47. The summed E-state index contributed by atoms with van der Waals surface area (Å²) in [6, 6.07) is 9.15. The Morgan fingerprint density at radius 1 is 1.27 bits per heavy atom. The highest BCUT2D eigenvalue weighted by atomic mass is 16.5. The monoisotopic (exact) mass is 350 g/mol. The first-order valence-corrected chi connectivity index (χ1v) is 8.20. The van der Waals surface area contributed by atoms with E-state index in [0.29, 0.717) is 17.2 Å². The molecule has 4 rings (SSSR count). The minimum atomic E-state index is -0.439. The van der Waals surface area contributed by atoms with Gasteiger partial charge < -0.3 is 10.1 Å². The Hall–Kier alpha value is -3.42. The van der Waals surface area contributed by atoms with Gasteiger partial charge in [-0.1, -0.05) is 30.3 Å². The van der Waals surface area contributed by atoms with Crippen LogP contribution in [0.2, 0.25) is 0 Å². The van der Waals surface area contributed by atoms with Crippen molar-refractivity contribution in [2.75, 3.05) is 5.32 Å². The van der Waals surface area contributed by atoms with Gasteiger partial charge in [0, 0.05) is 24.5 Å². The average molecular weight is 350 g/mol. The summed E-state index contributed by atoms with van der Waals surface area (Å²) in [6.45, 7) is 2.04. The van der Waals surface area contributed by atoms with Gasteiger partial charge in [-0.05, 0) is 12.5 Å². The van der Waals surface area contributed by atoms with Crippen LogP contribution in [0.3, 0.4) is 0 Å². The number of hydrogen-bond acceptors (Lipinski definition) is 6. The molecule has 0 aliphatic carbocycles. The molecule has 0 spiro atoms. The summed E-state index contributed by atoms with van der Waals surface area (Å²) in [5.74, 6) is 0.185. The molecule has 1 atom stereocenters. The molecule has 0 amide bonds. The van der Waals surface area contributed by atoms with Crippen LogP contribution in [0.25, 0.3) is 0 Å². The van der Waals surface area contributed by atoms with E-state index in [1.165, 1.54) is 6.33 Å². The Kier molecular flexibility index (Phi) is 4.00. The van der Waals surface area contributed by atoms with Gasteiger partial charge in [-0.3, -0.25) is 4.68 Å². The summed E-state index contributed by atoms with van der Waals surface area (Å²) >= 11 is 0. The van der Waals surface area contributed by atoms with Crippen LogP contribution in [0, 0.1) is 0 Å². The molecule has 0 saturated heterocycles. The van der Waals surface area contributed by atoms with Crippen LogP contribution in [0.5, 0.6) is 0 Å². The number of esters is 1. The summed E-state index contributed by atoms with van der Waals surface area (Å²) in [5, 5.41) is 11.6. The van der Waals surface area contributed by atoms with Crippen LogP contribution in [0.15, 0.2) is 60.3 Å². The fourth-order valence-corrected chi connectivity index (χ4v) is 3.05. The van der Waals surface area contributed by atoms with Crippen molar-refractivity contribution in [3.05, 3.63) is 71.4 Å². The maximum Gasteiger partial charge on any atom is 0.338 e. The summed E-state index contributed by atoms with van der Waals surface area (Å²) < 4.78 is 8.92. The number of ether oxygens (including phenoxy) is 1. The third-order valence-electron chi connectivity index (χ3n) is 4.27. The second-order valence-corrected chi connectivity index (χ2v) is 6.10. The van der Waals surface area contributed by atoms with E-state index in [2.05, 4.69) is 20.5 Å².